The summed E-state index contributed by atoms with van der Waals surface area (Å²) in [5.41, 5.74) is 0.563. The maximum atomic E-state index is 11.3. The van der Waals surface area contributed by atoms with Gasteiger partial charge in [-0.1, -0.05) is 12.1 Å². The van der Waals surface area contributed by atoms with Crippen LogP contribution in [0.1, 0.15) is 11.7 Å². The third kappa shape index (κ3) is 2.63. The minimum Gasteiger partial charge on any atom is -0.468 e. The first kappa shape index (κ1) is 11.4. The lowest BCUT2D eigenvalue weighted by atomic mass is 9.97. The summed E-state index contributed by atoms with van der Waals surface area (Å²) in [5, 5.41) is 9.87. The number of carbonyl (C=O) groups is 1. The van der Waals surface area contributed by atoms with E-state index in [0.29, 0.717) is 5.56 Å². The van der Waals surface area contributed by atoms with Crippen LogP contribution >= 0.6 is 0 Å². The van der Waals surface area contributed by atoms with Crippen molar-refractivity contribution >= 4 is 5.97 Å². The van der Waals surface area contributed by atoms with Gasteiger partial charge < -0.3 is 9.84 Å². The zero-order valence-electron chi connectivity index (χ0n) is 8.46. The largest absolute Gasteiger partial charge is 0.468 e. The molecule has 0 bridgehead atoms. The molecular weight excluding hydrogens is 194 g/mol. The second-order valence-electron chi connectivity index (χ2n) is 3.02. The van der Waals surface area contributed by atoms with E-state index in [4.69, 9.17) is 0 Å². The van der Waals surface area contributed by atoms with E-state index in [0.717, 1.165) is 0 Å². The predicted octanol–water partition coefficient (Wildman–Crippen LogP) is 1.09. The van der Waals surface area contributed by atoms with Gasteiger partial charge in [-0.25, -0.2) is 0 Å². The first-order valence-corrected chi connectivity index (χ1v) is 4.49. The van der Waals surface area contributed by atoms with Crippen molar-refractivity contribution in [3.63, 3.8) is 0 Å². The fourth-order valence-electron chi connectivity index (χ4n) is 1.25. The van der Waals surface area contributed by atoms with Gasteiger partial charge in [0.1, 0.15) is 5.92 Å². The number of hydrogen-bond acceptors (Lipinski definition) is 4. The van der Waals surface area contributed by atoms with Crippen LogP contribution in [0.15, 0.2) is 37.2 Å². The monoisotopic (exact) mass is 207 g/mol. The lowest BCUT2D eigenvalue weighted by molar-refractivity contribution is -0.147. The van der Waals surface area contributed by atoms with Gasteiger partial charge in [0.25, 0.3) is 0 Å². The van der Waals surface area contributed by atoms with Gasteiger partial charge in [-0.15, -0.1) is 6.58 Å². The van der Waals surface area contributed by atoms with Gasteiger partial charge in [0.15, 0.2) is 0 Å². The van der Waals surface area contributed by atoms with E-state index in [1.165, 1.54) is 19.4 Å². The number of aliphatic hydroxyl groups excluding tert-OH is 1. The number of aliphatic hydroxyl groups is 1. The average Bonchev–Trinajstić information content (AvgIpc) is 2.30. The fraction of sp³-hybridized carbons (Fsp3) is 0.273. The van der Waals surface area contributed by atoms with Crippen molar-refractivity contribution in [3.8, 4) is 0 Å². The quantitative estimate of drug-likeness (QED) is 0.593. The molecule has 1 aromatic rings. The summed E-state index contributed by atoms with van der Waals surface area (Å²) in [4.78, 5) is 15.1. The van der Waals surface area contributed by atoms with Crippen molar-refractivity contribution in [1.82, 2.24) is 4.98 Å². The second-order valence-corrected chi connectivity index (χ2v) is 3.02. The lowest BCUT2D eigenvalue weighted by Gasteiger charge is -2.17. The van der Waals surface area contributed by atoms with Crippen LogP contribution in [0.5, 0.6) is 0 Å². The van der Waals surface area contributed by atoms with Crippen molar-refractivity contribution in [2.45, 2.75) is 6.10 Å². The number of ether oxygens (including phenoxy) is 1. The maximum absolute atomic E-state index is 11.3. The number of methoxy groups -OCH3 is 1. The van der Waals surface area contributed by atoms with Crippen molar-refractivity contribution in [2.24, 2.45) is 5.92 Å². The highest BCUT2D eigenvalue weighted by molar-refractivity contribution is 5.75. The molecule has 0 fully saturated rings. The molecule has 4 nitrogen and oxygen atoms in total. The summed E-state index contributed by atoms with van der Waals surface area (Å²) in [5.74, 6) is -1.28. The zero-order chi connectivity index (χ0) is 11.3. The van der Waals surface area contributed by atoms with Crippen LogP contribution in [0.3, 0.4) is 0 Å². The first-order chi connectivity index (χ1) is 7.20. The number of aromatic nitrogens is 1. The normalized spacial score (nSPS) is 14.0. The number of pyridine rings is 1. The third-order valence-electron chi connectivity index (χ3n) is 2.09. The van der Waals surface area contributed by atoms with Crippen molar-refractivity contribution in [2.75, 3.05) is 7.11 Å². The SMILES string of the molecule is C=C[C@@H](C(=O)OC)[C@H](O)c1cccnc1. The zero-order valence-corrected chi connectivity index (χ0v) is 8.46. The van der Waals surface area contributed by atoms with Crippen LogP contribution in [0.25, 0.3) is 0 Å². The number of carbonyl (C=O) groups excluding carboxylic acids is 1. The Kier molecular flexibility index (Phi) is 4.00. The summed E-state index contributed by atoms with van der Waals surface area (Å²) in [6, 6.07) is 3.38. The van der Waals surface area contributed by atoms with E-state index < -0.39 is 18.0 Å². The molecule has 0 spiro atoms. The van der Waals surface area contributed by atoms with E-state index in [2.05, 4.69) is 16.3 Å². The molecule has 0 aliphatic rings. The molecule has 0 saturated heterocycles. The maximum Gasteiger partial charge on any atom is 0.315 e. The van der Waals surface area contributed by atoms with Gasteiger partial charge >= 0.3 is 5.97 Å². The Bertz CT molecular complexity index is 337. The summed E-state index contributed by atoms with van der Waals surface area (Å²) in [6.45, 7) is 3.50. The van der Waals surface area contributed by atoms with E-state index in [1.54, 1.807) is 18.3 Å². The molecule has 1 N–H and O–H groups in total. The average molecular weight is 207 g/mol. The molecular formula is C11H13NO3. The summed E-state index contributed by atoms with van der Waals surface area (Å²) < 4.78 is 4.56. The van der Waals surface area contributed by atoms with Crippen molar-refractivity contribution in [3.05, 3.63) is 42.7 Å². The van der Waals surface area contributed by atoms with Gasteiger partial charge in [0.05, 0.1) is 13.2 Å². The predicted molar refractivity (Wildman–Crippen MR) is 54.9 cm³/mol. The number of hydrogen-bond donors (Lipinski definition) is 1. The van der Waals surface area contributed by atoms with Gasteiger partial charge in [0.2, 0.25) is 0 Å². The Balaban J connectivity index is 2.87. The lowest BCUT2D eigenvalue weighted by Crippen LogP contribution is -2.21. The molecule has 4 heteroatoms. The van der Waals surface area contributed by atoms with Gasteiger partial charge in [-0.05, 0) is 11.6 Å². The molecule has 0 aromatic carbocycles. The summed E-state index contributed by atoms with van der Waals surface area (Å²) >= 11 is 0. The molecule has 0 aliphatic heterocycles. The van der Waals surface area contributed by atoms with Crippen LogP contribution in [-0.4, -0.2) is 23.2 Å². The van der Waals surface area contributed by atoms with Crippen LogP contribution in [-0.2, 0) is 9.53 Å². The highest BCUT2D eigenvalue weighted by atomic mass is 16.5. The molecule has 1 rings (SSSR count). The molecule has 0 saturated carbocycles. The van der Waals surface area contributed by atoms with Gasteiger partial charge in [-0.2, -0.15) is 0 Å². The second kappa shape index (κ2) is 5.26. The van der Waals surface area contributed by atoms with Crippen LogP contribution in [0, 0.1) is 5.92 Å². The Morgan fingerprint density at radius 2 is 2.47 bits per heavy atom. The van der Waals surface area contributed by atoms with Crippen LogP contribution < -0.4 is 0 Å². The molecule has 0 aliphatic carbocycles. The third-order valence-corrected chi connectivity index (χ3v) is 2.09. The summed E-state index contributed by atoms with van der Waals surface area (Å²) in [7, 11) is 1.27. The van der Waals surface area contributed by atoms with Crippen LogP contribution in [0.2, 0.25) is 0 Å². The van der Waals surface area contributed by atoms with E-state index in [-0.39, 0.29) is 0 Å². The Hall–Kier alpha value is -1.68. The highest BCUT2D eigenvalue weighted by Crippen LogP contribution is 2.22. The molecule has 0 radical (unpaired) electrons. The van der Waals surface area contributed by atoms with E-state index in [9.17, 15) is 9.90 Å². The fourth-order valence-corrected chi connectivity index (χ4v) is 1.25. The topological polar surface area (TPSA) is 59.4 Å². The van der Waals surface area contributed by atoms with Crippen LogP contribution in [0.4, 0.5) is 0 Å². The Morgan fingerprint density at radius 1 is 1.73 bits per heavy atom. The molecule has 0 amide bonds. The molecule has 0 unspecified atom stereocenters. The number of esters is 1. The van der Waals surface area contributed by atoms with Gasteiger partial charge in [-0.3, -0.25) is 9.78 Å². The Morgan fingerprint density at radius 3 is 2.93 bits per heavy atom. The minimum atomic E-state index is -0.969. The highest BCUT2D eigenvalue weighted by Gasteiger charge is 2.25. The van der Waals surface area contributed by atoms with E-state index in [1.807, 2.05) is 0 Å². The number of rotatable bonds is 4. The number of nitrogens with zero attached hydrogens (tertiary/aromatic N) is 1. The van der Waals surface area contributed by atoms with Crippen molar-refractivity contribution in [1.29, 1.82) is 0 Å². The molecule has 15 heavy (non-hydrogen) atoms. The Labute approximate surface area is 88.2 Å². The van der Waals surface area contributed by atoms with E-state index >= 15 is 0 Å². The first-order valence-electron chi connectivity index (χ1n) is 4.49. The smallest absolute Gasteiger partial charge is 0.315 e. The standard InChI is InChI=1S/C11H13NO3/c1-3-9(11(14)15-2)10(13)8-5-4-6-12-7-8/h3-7,9-10,13H,1H2,2H3/t9-,10-/m1/s1. The molecule has 1 aromatic heterocycles. The molecule has 2 atom stereocenters. The molecule has 80 valence electrons. The molecule has 1 heterocycles. The van der Waals surface area contributed by atoms with Crippen molar-refractivity contribution < 1.29 is 14.6 Å². The summed E-state index contributed by atoms with van der Waals surface area (Å²) in [6.07, 6.45) is 3.49. The van der Waals surface area contributed by atoms with Gasteiger partial charge in [0, 0.05) is 12.4 Å². The minimum absolute atomic E-state index is 0.513.